The molecule has 1 atom stereocenters. The number of para-hydroxylation sites is 1. The highest BCUT2D eigenvalue weighted by Gasteiger charge is 2.26. The number of halogens is 1. The van der Waals surface area contributed by atoms with Gasteiger partial charge in [-0.3, -0.25) is 14.6 Å². The number of hydrogen-bond donors (Lipinski definition) is 5. The van der Waals surface area contributed by atoms with Crippen LogP contribution in [0.25, 0.3) is 10.9 Å². The zero-order valence-corrected chi connectivity index (χ0v) is 23.6. The van der Waals surface area contributed by atoms with E-state index in [0.717, 1.165) is 5.56 Å². The fourth-order valence-electron chi connectivity index (χ4n) is 4.44. The van der Waals surface area contributed by atoms with Crippen LogP contribution in [-0.2, 0) is 11.3 Å². The molecule has 4 aromatic rings. The molecule has 42 heavy (non-hydrogen) atoms. The normalized spacial score (nSPS) is 11.7. The zero-order valence-electron chi connectivity index (χ0n) is 22.8. The van der Waals surface area contributed by atoms with E-state index in [0.29, 0.717) is 39.6 Å². The number of amides is 1. The van der Waals surface area contributed by atoms with Crippen LogP contribution >= 0.6 is 11.8 Å². The van der Waals surface area contributed by atoms with Gasteiger partial charge in [-0.25, -0.2) is 24.1 Å². The predicted molar refractivity (Wildman–Crippen MR) is 156 cm³/mol. The van der Waals surface area contributed by atoms with E-state index in [1.54, 1.807) is 19.1 Å². The second kappa shape index (κ2) is 13.2. The number of carbonyl (C=O) groups excluding carboxylic acids is 1. The molecule has 0 fully saturated rings. The Labute approximate surface area is 243 Å². The van der Waals surface area contributed by atoms with Crippen LogP contribution in [0.4, 0.5) is 10.1 Å². The highest BCUT2D eigenvalue weighted by atomic mass is 32.2. The second-order valence-corrected chi connectivity index (χ2v) is 10.6. The molecule has 2 aromatic carbocycles. The molecule has 0 aliphatic carbocycles. The number of anilines is 1. The SMILES string of the molecule is C#CCN(Cc1cc2c(=O)[nH]c(C)nc2cc1C)c1c(F)cccc1C(=O)N[C@@H](CCCSc1n[nH]c(=O)[nH]1)C(=O)O. The lowest BCUT2D eigenvalue weighted by molar-refractivity contribution is -0.139. The quantitative estimate of drug-likeness (QED) is 0.0938. The molecule has 0 radical (unpaired) electrons. The lowest BCUT2D eigenvalue weighted by Gasteiger charge is -2.27. The van der Waals surface area contributed by atoms with E-state index in [1.807, 2.05) is 6.92 Å². The van der Waals surface area contributed by atoms with Gasteiger partial charge in [-0.05, 0) is 62.1 Å². The standard InChI is InChI=1S/C28H28FN7O5S/c1-4-10-36(14-17-13-19-22(12-15(17)2)30-16(3)31-25(19)38)23-18(7-5-8-20(23)29)24(37)32-21(26(39)40)9-6-11-42-28-33-27(41)34-35-28/h1,5,7-8,12-13,21H,6,9-11,14H2,2-3H3,(H,32,37)(H,39,40)(H,30,31,38)(H2,33,34,35,41)/t21-/m0/s1. The van der Waals surface area contributed by atoms with E-state index < -0.39 is 29.4 Å². The Balaban J connectivity index is 1.56. The van der Waals surface area contributed by atoms with Gasteiger partial charge in [-0.15, -0.1) is 11.5 Å². The van der Waals surface area contributed by atoms with Gasteiger partial charge < -0.3 is 20.3 Å². The van der Waals surface area contributed by atoms with E-state index in [9.17, 15) is 24.3 Å². The zero-order chi connectivity index (χ0) is 30.4. The summed E-state index contributed by atoms with van der Waals surface area (Å²) in [6, 6.07) is 6.11. The van der Waals surface area contributed by atoms with Crippen molar-refractivity contribution >= 4 is 40.2 Å². The number of H-pyrrole nitrogens is 3. The van der Waals surface area contributed by atoms with Crippen molar-refractivity contribution in [3.05, 3.63) is 79.5 Å². The summed E-state index contributed by atoms with van der Waals surface area (Å²) < 4.78 is 15.3. The maximum Gasteiger partial charge on any atom is 0.341 e. The minimum Gasteiger partial charge on any atom is -0.480 e. The third kappa shape index (κ3) is 7.05. The predicted octanol–water partition coefficient (Wildman–Crippen LogP) is 2.49. The van der Waals surface area contributed by atoms with E-state index in [4.69, 9.17) is 6.42 Å². The topological polar surface area (TPSA) is 177 Å². The van der Waals surface area contributed by atoms with Crippen LogP contribution in [0.2, 0.25) is 0 Å². The van der Waals surface area contributed by atoms with Gasteiger partial charge in [-0.1, -0.05) is 23.7 Å². The molecule has 14 heteroatoms. The lowest BCUT2D eigenvalue weighted by atomic mass is 10.0. The number of carbonyl (C=O) groups is 2. The van der Waals surface area contributed by atoms with Gasteiger partial charge in [0.15, 0.2) is 5.16 Å². The van der Waals surface area contributed by atoms with Gasteiger partial charge in [0.1, 0.15) is 17.7 Å². The van der Waals surface area contributed by atoms with Crippen molar-refractivity contribution < 1.29 is 19.1 Å². The third-order valence-electron chi connectivity index (χ3n) is 6.43. The average Bonchev–Trinajstić information content (AvgIpc) is 3.35. The molecule has 5 N–H and O–H groups in total. The second-order valence-electron chi connectivity index (χ2n) is 9.48. The maximum absolute atomic E-state index is 15.3. The fraction of sp³-hybridized carbons (Fsp3) is 0.286. The molecule has 12 nitrogen and oxygen atoms in total. The van der Waals surface area contributed by atoms with Crippen molar-refractivity contribution in [1.29, 1.82) is 0 Å². The number of carboxylic acid groups (broad SMARTS) is 1. The smallest absolute Gasteiger partial charge is 0.341 e. The molecule has 0 spiro atoms. The number of nitrogens with one attached hydrogen (secondary N) is 4. The van der Waals surface area contributed by atoms with Crippen LogP contribution in [-0.4, -0.2) is 60.5 Å². The van der Waals surface area contributed by atoms with Crippen molar-refractivity contribution in [2.75, 3.05) is 17.2 Å². The van der Waals surface area contributed by atoms with Crippen LogP contribution in [0.3, 0.4) is 0 Å². The number of rotatable bonds is 12. The van der Waals surface area contributed by atoms with E-state index >= 15 is 4.39 Å². The molecule has 0 aliphatic rings. The van der Waals surface area contributed by atoms with Crippen molar-refractivity contribution in [2.45, 2.75) is 44.4 Å². The highest BCUT2D eigenvalue weighted by molar-refractivity contribution is 7.99. The summed E-state index contributed by atoms with van der Waals surface area (Å²) >= 11 is 1.22. The van der Waals surface area contributed by atoms with Gasteiger partial charge in [-0.2, -0.15) is 0 Å². The number of terminal acetylenes is 1. The van der Waals surface area contributed by atoms with Gasteiger partial charge in [0.25, 0.3) is 11.5 Å². The molecule has 2 heterocycles. The van der Waals surface area contributed by atoms with Gasteiger partial charge >= 0.3 is 11.7 Å². The summed E-state index contributed by atoms with van der Waals surface area (Å²) in [6.07, 6.45) is 6.08. The number of aliphatic carboxylic acids is 1. The first-order chi connectivity index (χ1) is 20.1. The number of benzene rings is 2. The fourth-order valence-corrected chi connectivity index (χ4v) is 5.22. The number of carboxylic acids is 1. The molecular formula is C28H28FN7O5S. The van der Waals surface area contributed by atoms with Crippen molar-refractivity contribution in [3.8, 4) is 12.3 Å². The largest absolute Gasteiger partial charge is 0.480 e. The number of aromatic nitrogens is 5. The first kappa shape index (κ1) is 30.1. The Hall–Kier alpha value is -4.90. The van der Waals surface area contributed by atoms with E-state index in [2.05, 4.69) is 36.4 Å². The number of fused-ring (bicyclic) bond motifs is 1. The molecule has 0 saturated heterocycles. The van der Waals surface area contributed by atoms with Crippen molar-refractivity contribution in [1.82, 2.24) is 30.5 Å². The number of hydrogen-bond acceptors (Lipinski definition) is 8. The van der Waals surface area contributed by atoms with Crippen molar-refractivity contribution in [2.24, 2.45) is 0 Å². The summed E-state index contributed by atoms with van der Waals surface area (Å²) in [4.78, 5) is 60.0. The van der Waals surface area contributed by atoms with Crippen LogP contribution in [0.5, 0.6) is 0 Å². The van der Waals surface area contributed by atoms with Crippen LogP contribution < -0.4 is 21.5 Å². The summed E-state index contributed by atoms with van der Waals surface area (Å²) in [7, 11) is 0. The Morgan fingerprint density at radius 1 is 1.24 bits per heavy atom. The molecule has 1 amide bonds. The number of thioether (sulfide) groups is 1. The minimum absolute atomic E-state index is 0.0648. The summed E-state index contributed by atoms with van der Waals surface area (Å²) in [6.45, 7) is 3.50. The van der Waals surface area contributed by atoms with Crippen LogP contribution in [0.1, 0.15) is 40.2 Å². The molecule has 0 saturated carbocycles. The minimum atomic E-state index is -1.25. The van der Waals surface area contributed by atoms with E-state index in [1.165, 1.54) is 34.9 Å². The highest BCUT2D eigenvalue weighted by Crippen LogP contribution is 2.28. The van der Waals surface area contributed by atoms with Crippen molar-refractivity contribution in [3.63, 3.8) is 0 Å². The van der Waals surface area contributed by atoms with Gasteiger partial charge in [0.05, 0.1) is 28.7 Å². The van der Waals surface area contributed by atoms with E-state index in [-0.39, 0.29) is 36.3 Å². The first-order valence-electron chi connectivity index (χ1n) is 12.9. The molecule has 218 valence electrons. The summed E-state index contributed by atoms with van der Waals surface area (Å²) in [5.41, 5.74) is 1.02. The summed E-state index contributed by atoms with van der Waals surface area (Å²) in [5, 5.41) is 18.9. The Kier molecular flexibility index (Phi) is 9.43. The monoisotopic (exact) mass is 593 g/mol. The number of aromatic amines is 3. The number of aryl methyl sites for hydroxylation is 2. The first-order valence-corrected chi connectivity index (χ1v) is 13.8. The molecule has 0 aliphatic heterocycles. The van der Waals surface area contributed by atoms with Gasteiger partial charge in [0, 0.05) is 12.3 Å². The Morgan fingerprint density at radius 2 is 2.02 bits per heavy atom. The molecular weight excluding hydrogens is 565 g/mol. The molecule has 2 aromatic heterocycles. The number of nitrogens with zero attached hydrogens (tertiary/aromatic N) is 3. The lowest BCUT2D eigenvalue weighted by Crippen LogP contribution is -2.41. The summed E-state index contributed by atoms with van der Waals surface area (Å²) in [5.74, 6) is 0.644. The third-order valence-corrected chi connectivity index (χ3v) is 7.39. The molecule has 0 unspecified atom stereocenters. The Morgan fingerprint density at radius 3 is 2.71 bits per heavy atom. The Bertz CT molecular complexity index is 1790. The van der Waals surface area contributed by atoms with Crippen LogP contribution in [0, 0.1) is 32.0 Å². The molecule has 4 rings (SSSR count). The maximum atomic E-state index is 15.3. The molecule has 0 bridgehead atoms. The van der Waals surface area contributed by atoms with Gasteiger partial charge in [0.2, 0.25) is 0 Å². The average molecular weight is 594 g/mol. The van der Waals surface area contributed by atoms with Crippen LogP contribution in [0.15, 0.2) is 45.1 Å².